The summed E-state index contributed by atoms with van der Waals surface area (Å²) in [6.07, 6.45) is 8.00. The molecule has 0 saturated carbocycles. The van der Waals surface area contributed by atoms with E-state index in [1.165, 1.54) is 12.8 Å². The molecule has 4 nitrogen and oxygen atoms in total. The summed E-state index contributed by atoms with van der Waals surface area (Å²) in [5, 5.41) is 0. The van der Waals surface area contributed by atoms with Gasteiger partial charge in [0.05, 0.1) is 13.2 Å². The van der Waals surface area contributed by atoms with Crippen LogP contribution < -0.4 is 0 Å². The number of rotatable bonds is 6. The second-order valence-corrected chi connectivity index (χ2v) is 5.44. The van der Waals surface area contributed by atoms with Crippen LogP contribution in [0.25, 0.3) is 0 Å². The fourth-order valence-corrected chi connectivity index (χ4v) is 2.38. The van der Waals surface area contributed by atoms with E-state index in [9.17, 15) is 0 Å². The van der Waals surface area contributed by atoms with Gasteiger partial charge in [0.25, 0.3) is 0 Å². The third-order valence-corrected chi connectivity index (χ3v) is 3.58. The van der Waals surface area contributed by atoms with Crippen molar-refractivity contribution >= 4 is 0 Å². The Hall–Kier alpha value is -1.04. The molecule has 2 aliphatic rings. The van der Waals surface area contributed by atoms with Crippen LogP contribution >= 0.6 is 0 Å². The Bertz CT molecular complexity index is 360. The van der Waals surface area contributed by atoms with Gasteiger partial charge < -0.3 is 18.9 Å². The number of ether oxygens (including phenoxy) is 4. The Labute approximate surface area is 133 Å². The Morgan fingerprint density at radius 3 is 1.64 bits per heavy atom. The Morgan fingerprint density at radius 2 is 1.23 bits per heavy atom. The molecule has 4 heteroatoms. The highest BCUT2D eigenvalue weighted by Crippen LogP contribution is 2.14. The second kappa shape index (κ2) is 11.5. The predicted octanol–water partition coefficient (Wildman–Crippen LogP) is 2.86. The summed E-state index contributed by atoms with van der Waals surface area (Å²) in [6, 6.07) is 0. The smallest absolute Gasteiger partial charge is 0.157 e. The van der Waals surface area contributed by atoms with E-state index in [2.05, 4.69) is 23.7 Å². The fourth-order valence-electron chi connectivity index (χ4n) is 2.38. The molecule has 2 aliphatic heterocycles. The zero-order chi connectivity index (χ0) is 15.3. The average molecular weight is 306 g/mol. The minimum absolute atomic E-state index is 0.0270. The van der Waals surface area contributed by atoms with Crippen LogP contribution in [-0.2, 0) is 18.9 Å². The van der Waals surface area contributed by atoms with E-state index >= 15 is 0 Å². The van der Waals surface area contributed by atoms with Crippen molar-refractivity contribution in [2.75, 3.05) is 26.4 Å². The van der Waals surface area contributed by atoms with Gasteiger partial charge in [0.1, 0.15) is 0 Å². The van der Waals surface area contributed by atoms with Crippen LogP contribution in [0.4, 0.5) is 0 Å². The van der Waals surface area contributed by atoms with Gasteiger partial charge in [-0.25, -0.2) is 0 Å². The molecule has 2 atom stereocenters. The second-order valence-electron chi connectivity index (χ2n) is 5.44. The molecule has 0 aromatic carbocycles. The van der Waals surface area contributed by atoms with Crippen LogP contribution in [0.15, 0.2) is 0 Å². The van der Waals surface area contributed by atoms with Gasteiger partial charge in [0.15, 0.2) is 12.6 Å². The Morgan fingerprint density at radius 1 is 0.727 bits per heavy atom. The maximum absolute atomic E-state index is 5.59. The van der Waals surface area contributed by atoms with Crippen molar-refractivity contribution in [1.29, 1.82) is 0 Å². The Balaban J connectivity index is 1.44. The third kappa shape index (κ3) is 7.82. The van der Waals surface area contributed by atoms with E-state index in [0.717, 1.165) is 38.9 Å². The van der Waals surface area contributed by atoms with Crippen LogP contribution in [-0.4, -0.2) is 39.0 Å². The van der Waals surface area contributed by atoms with E-state index in [-0.39, 0.29) is 12.6 Å². The van der Waals surface area contributed by atoms with Crippen molar-refractivity contribution in [3.63, 3.8) is 0 Å². The monoisotopic (exact) mass is 306 g/mol. The van der Waals surface area contributed by atoms with E-state index in [0.29, 0.717) is 26.1 Å². The zero-order valence-electron chi connectivity index (χ0n) is 13.3. The summed E-state index contributed by atoms with van der Waals surface area (Å²) in [4.78, 5) is 0. The van der Waals surface area contributed by atoms with Gasteiger partial charge in [-0.1, -0.05) is 11.8 Å². The summed E-state index contributed by atoms with van der Waals surface area (Å²) in [6.45, 7) is 2.86. The van der Waals surface area contributed by atoms with Gasteiger partial charge in [0, 0.05) is 26.1 Å². The lowest BCUT2D eigenvalue weighted by molar-refractivity contribution is -0.161. The van der Waals surface area contributed by atoms with Gasteiger partial charge in [0.2, 0.25) is 0 Å². The maximum atomic E-state index is 5.59. The molecule has 0 aliphatic carbocycles. The highest BCUT2D eigenvalue weighted by Gasteiger charge is 2.13. The fraction of sp³-hybridized carbons (Fsp3) is 0.778. The normalized spacial score (nSPS) is 24.7. The highest BCUT2D eigenvalue weighted by molar-refractivity contribution is 5.25. The SMILES string of the molecule is C(C#CCCOC1CCCCO1)#CCCOC1CCCCO1. The molecule has 122 valence electrons. The molecule has 0 aromatic rings. The lowest BCUT2D eigenvalue weighted by atomic mass is 10.2. The molecule has 0 bridgehead atoms. The van der Waals surface area contributed by atoms with Crippen molar-refractivity contribution in [3.05, 3.63) is 0 Å². The summed E-state index contributed by atoms with van der Waals surface area (Å²) >= 11 is 0. The number of hydrogen-bond donors (Lipinski definition) is 0. The molecule has 0 radical (unpaired) electrons. The van der Waals surface area contributed by atoms with Crippen molar-refractivity contribution in [2.24, 2.45) is 0 Å². The molecule has 0 aromatic heterocycles. The van der Waals surface area contributed by atoms with Gasteiger partial charge in [-0.15, -0.1) is 0 Å². The molecule has 2 unspecified atom stereocenters. The van der Waals surface area contributed by atoms with E-state index in [1.807, 2.05) is 0 Å². The van der Waals surface area contributed by atoms with Crippen LogP contribution in [0.5, 0.6) is 0 Å². The third-order valence-electron chi connectivity index (χ3n) is 3.58. The largest absolute Gasteiger partial charge is 0.353 e. The first-order valence-corrected chi connectivity index (χ1v) is 8.37. The first kappa shape index (κ1) is 17.3. The molecule has 0 N–H and O–H groups in total. The van der Waals surface area contributed by atoms with Gasteiger partial charge in [-0.05, 0) is 50.4 Å². The van der Waals surface area contributed by atoms with E-state index in [1.54, 1.807) is 0 Å². The maximum Gasteiger partial charge on any atom is 0.157 e. The van der Waals surface area contributed by atoms with E-state index < -0.39 is 0 Å². The van der Waals surface area contributed by atoms with Crippen LogP contribution in [0, 0.1) is 23.7 Å². The molecule has 2 heterocycles. The lowest BCUT2D eigenvalue weighted by Crippen LogP contribution is -2.22. The van der Waals surface area contributed by atoms with Crippen LogP contribution in [0.1, 0.15) is 51.4 Å². The molecule has 2 rings (SSSR count). The molecular weight excluding hydrogens is 280 g/mol. The van der Waals surface area contributed by atoms with Crippen LogP contribution in [0.2, 0.25) is 0 Å². The number of hydrogen-bond acceptors (Lipinski definition) is 4. The standard InChI is InChI=1S/C18H26O4/c1(3-7-13-19-17-11-5-9-15-21-17)2-4-8-14-20-18-12-6-10-16-22-18/h17-18H,5-16H2. The molecule has 2 saturated heterocycles. The minimum Gasteiger partial charge on any atom is -0.353 e. The zero-order valence-corrected chi connectivity index (χ0v) is 13.3. The first-order valence-electron chi connectivity index (χ1n) is 8.37. The van der Waals surface area contributed by atoms with Crippen molar-refractivity contribution in [1.82, 2.24) is 0 Å². The van der Waals surface area contributed by atoms with E-state index in [4.69, 9.17) is 18.9 Å². The molecule has 2 fully saturated rings. The van der Waals surface area contributed by atoms with Crippen molar-refractivity contribution in [2.45, 2.75) is 63.9 Å². The lowest BCUT2D eigenvalue weighted by Gasteiger charge is -2.22. The highest BCUT2D eigenvalue weighted by atomic mass is 16.7. The average Bonchev–Trinajstić information content (AvgIpc) is 2.58. The summed E-state index contributed by atoms with van der Waals surface area (Å²) in [7, 11) is 0. The van der Waals surface area contributed by atoms with Crippen LogP contribution in [0.3, 0.4) is 0 Å². The molecule has 22 heavy (non-hydrogen) atoms. The van der Waals surface area contributed by atoms with Gasteiger partial charge in [-0.3, -0.25) is 0 Å². The Kier molecular flexibility index (Phi) is 9.07. The van der Waals surface area contributed by atoms with Crippen molar-refractivity contribution < 1.29 is 18.9 Å². The topological polar surface area (TPSA) is 36.9 Å². The molecule has 0 spiro atoms. The minimum atomic E-state index is -0.0270. The molecule has 0 amide bonds. The summed E-state index contributed by atoms with van der Waals surface area (Å²) in [5.74, 6) is 11.7. The first-order chi connectivity index (χ1) is 10.9. The quantitative estimate of drug-likeness (QED) is 0.558. The van der Waals surface area contributed by atoms with Gasteiger partial charge in [-0.2, -0.15) is 0 Å². The predicted molar refractivity (Wildman–Crippen MR) is 83.9 cm³/mol. The summed E-state index contributed by atoms with van der Waals surface area (Å²) < 4.78 is 22.1. The van der Waals surface area contributed by atoms with Gasteiger partial charge >= 0.3 is 0 Å². The van der Waals surface area contributed by atoms with Crippen molar-refractivity contribution in [3.8, 4) is 23.7 Å². The molecular formula is C18H26O4. The summed E-state index contributed by atoms with van der Waals surface area (Å²) in [5.41, 5.74) is 0.